The average Bonchev–Trinajstić information content (AvgIpc) is 2.36. The van der Waals surface area contributed by atoms with Crippen LogP contribution in [0.2, 0.25) is 0 Å². The normalized spacial score (nSPS) is 16.3. The zero-order valence-electron chi connectivity index (χ0n) is 11.2. The van der Waals surface area contributed by atoms with Gasteiger partial charge in [-0.1, -0.05) is 12.1 Å². The predicted molar refractivity (Wildman–Crippen MR) is 69.8 cm³/mol. The molecule has 3 unspecified atom stereocenters. The summed E-state index contributed by atoms with van der Waals surface area (Å²) in [6.07, 6.45) is -0.155. The van der Waals surface area contributed by atoms with Crippen LogP contribution in [-0.4, -0.2) is 25.4 Å². The number of nitrogens with two attached hydrogens (primary N) is 1. The van der Waals surface area contributed by atoms with E-state index in [0.29, 0.717) is 13.2 Å². The van der Waals surface area contributed by atoms with Crippen molar-refractivity contribution in [2.24, 2.45) is 5.73 Å². The van der Waals surface area contributed by atoms with Crippen molar-refractivity contribution >= 4 is 0 Å². The molecule has 0 bridgehead atoms. The number of hydrogen-bond acceptors (Lipinski definition) is 3. The molecule has 0 aromatic heterocycles. The lowest BCUT2D eigenvalue weighted by molar-refractivity contribution is -0.0481. The molecule has 0 aliphatic carbocycles. The minimum atomic E-state index is -0.269. The molecular formula is C14H22FNO2. The number of rotatable bonds is 7. The Morgan fingerprint density at radius 2 is 1.83 bits per heavy atom. The van der Waals surface area contributed by atoms with Gasteiger partial charge >= 0.3 is 0 Å². The summed E-state index contributed by atoms with van der Waals surface area (Å²) < 4.78 is 23.8. The molecule has 0 heterocycles. The summed E-state index contributed by atoms with van der Waals surface area (Å²) in [6.45, 7) is 7.03. The summed E-state index contributed by atoms with van der Waals surface area (Å²) in [5, 5.41) is 0. The highest BCUT2D eigenvalue weighted by Gasteiger charge is 2.18. The number of hydrogen-bond donors (Lipinski definition) is 1. The monoisotopic (exact) mass is 255 g/mol. The van der Waals surface area contributed by atoms with Crippen molar-refractivity contribution in [3.05, 3.63) is 35.6 Å². The van der Waals surface area contributed by atoms with Gasteiger partial charge in [-0.15, -0.1) is 0 Å². The standard InChI is InChI=1S/C14H22FNO2/c1-4-17-9-10(2)18-11(3)14(16)12-5-7-13(15)8-6-12/h5-8,10-11,14H,4,9,16H2,1-3H3. The molecule has 0 saturated heterocycles. The quantitative estimate of drug-likeness (QED) is 0.814. The molecule has 0 spiro atoms. The van der Waals surface area contributed by atoms with E-state index in [9.17, 15) is 4.39 Å². The van der Waals surface area contributed by atoms with E-state index in [1.807, 2.05) is 20.8 Å². The maximum atomic E-state index is 12.8. The SMILES string of the molecule is CCOCC(C)OC(C)C(N)c1ccc(F)cc1. The van der Waals surface area contributed by atoms with E-state index in [1.54, 1.807) is 12.1 Å². The zero-order chi connectivity index (χ0) is 13.5. The summed E-state index contributed by atoms with van der Waals surface area (Å²) in [5.74, 6) is -0.260. The van der Waals surface area contributed by atoms with E-state index in [1.165, 1.54) is 12.1 Å². The van der Waals surface area contributed by atoms with Crippen molar-refractivity contribution in [1.82, 2.24) is 0 Å². The third kappa shape index (κ3) is 4.72. The fourth-order valence-electron chi connectivity index (χ4n) is 1.73. The number of benzene rings is 1. The van der Waals surface area contributed by atoms with Crippen molar-refractivity contribution in [2.45, 2.75) is 39.0 Å². The van der Waals surface area contributed by atoms with Crippen molar-refractivity contribution < 1.29 is 13.9 Å². The van der Waals surface area contributed by atoms with E-state index < -0.39 is 0 Å². The molecule has 2 N–H and O–H groups in total. The van der Waals surface area contributed by atoms with Crippen LogP contribution >= 0.6 is 0 Å². The maximum Gasteiger partial charge on any atom is 0.123 e. The fraction of sp³-hybridized carbons (Fsp3) is 0.571. The van der Waals surface area contributed by atoms with Crippen LogP contribution in [0, 0.1) is 5.82 Å². The molecule has 4 heteroatoms. The Hall–Kier alpha value is -0.970. The molecule has 3 atom stereocenters. The molecule has 0 aliphatic rings. The van der Waals surface area contributed by atoms with Crippen LogP contribution in [0.15, 0.2) is 24.3 Å². The van der Waals surface area contributed by atoms with E-state index in [4.69, 9.17) is 15.2 Å². The van der Waals surface area contributed by atoms with Crippen LogP contribution in [0.4, 0.5) is 4.39 Å². The van der Waals surface area contributed by atoms with Crippen LogP contribution in [0.3, 0.4) is 0 Å². The van der Waals surface area contributed by atoms with Gasteiger partial charge in [0.1, 0.15) is 5.82 Å². The Morgan fingerprint density at radius 3 is 2.39 bits per heavy atom. The average molecular weight is 255 g/mol. The van der Waals surface area contributed by atoms with Gasteiger partial charge in [-0.05, 0) is 38.5 Å². The molecule has 102 valence electrons. The molecule has 0 aliphatic heterocycles. The van der Waals surface area contributed by atoms with Gasteiger partial charge in [0.25, 0.3) is 0 Å². The molecule has 0 fully saturated rings. The van der Waals surface area contributed by atoms with E-state index in [-0.39, 0.29) is 24.1 Å². The van der Waals surface area contributed by atoms with E-state index in [2.05, 4.69) is 0 Å². The first-order valence-electron chi connectivity index (χ1n) is 6.28. The lowest BCUT2D eigenvalue weighted by Gasteiger charge is -2.24. The molecule has 0 amide bonds. The van der Waals surface area contributed by atoms with Crippen LogP contribution in [0.5, 0.6) is 0 Å². The lowest BCUT2D eigenvalue weighted by atomic mass is 10.0. The largest absolute Gasteiger partial charge is 0.379 e. The first kappa shape index (κ1) is 15.1. The molecule has 1 rings (SSSR count). The summed E-state index contributed by atoms with van der Waals surface area (Å²) in [4.78, 5) is 0. The van der Waals surface area contributed by atoms with Crippen LogP contribution < -0.4 is 5.73 Å². The van der Waals surface area contributed by atoms with Gasteiger partial charge in [-0.2, -0.15) is 0 Å². The van der Waals surface area contributed by atoms with Gasteiger partial charge in [0, 0.05) is 6.61 Å². The van der Waals surface area contributed by atoms with Crippen molar-refractivity contribution in [2.75, 3.05) is 13.2 Å². The highest BCUT2D eigenvalue weighted by Crippen LogP contribution is 2.18. The fourth-order valence-corrected chi connectivity index (χ4v) is 1.73. The first-order valence-corrected chi connectivity index (χ1v) is 6.28. The van der Waals surface area contributed by atoms with Crippen LogP contribution in [-0.2, 0) is 9.47 Å². The highest BCUT2D eigenvalue weighted by molar-refractivity contribution is 5.20. The Balaban J connectivity index is 2.50. The number of ether oxygens (including phenoxy) is 2. The van der Waals surface area contributed by atoms with Crippen LogP contribution in [0.1, 0.15) is 32.4 Å². The van der Waals surface area contributed by atoms with Gasteiger partial charge < -0.3 is 15.2 Å². The van der Waals surface area contributed by atoms with E-state index in [0.717, 1.165) is 5.56 Å². The van der Waals surface area contributed by atoms with Gasteiger partial charge in [0.2, 0.25) is 0 Å². The smallest absolute Gasteiger partial charge is 0.123 e. The summed E-state index contributed by atoms with van der Waals surface area (Å²) in [6, 6.07) is 5.92. The molecule has 3 nitrogen and oxygen atoms in total. The highest BCUT2D eigenvalue weighted by atomic mass is 19.1. The number of halogens is 1. The Labute approximate surface area is 108 Å². The van der Waals surface area contributed by atoms with Gasteiger partial charge in [-0.3, -0.25) is 0 Å². The van der Waals surface area contributed by atoms with Gasteiger partial charge in [0.15, 0.2) is 0 Å². The Kier molecular flexibility index (Phi) is 6.25. The zero-order valence-corrected chi connectivity index (χ0v) is 11.2. The van der Waals surface area contributed by atoms with Crippen molar-refractivity contribution in [3.8, 4) is 0 Å². The topological polar surface area (TPSA) is 44.5 Å². The molecule has 1 aromatic carbocycles. The molecular weight excluding hydrogens is 233 g/mol. The molecule has 18 heavy (non-hydrogen) atoms. The van der Waals surface area contributed by atoms with Gasteiger partial charge in [-0.25, -0.2) is 4.39 Å². The van der Waals surface area contributed by atoms with Gasteiger partial charge in [0.05, 0.1) is 24.9 Å². The second-order valence-corrected chi connectivity index (χ2v) is 4.39. The van der Waals surface area contributed by atoms with Crippen molar-refractivity contribution in [3.63, 3.8) is 0 Å². The van der Waals surface area contributed by atoms with Crippen molar-refractivity contribution in [1.29, 1.82) is 0 Å². The predicted octanol–water partition coefficient (Wildman–Crippen LogP) is 2.66. The third-order valence-corrected chi connectivity index (χ3v) is 2.76. The summed E-state index contributed by atoms with van der Waals surface area (Å²) in [7, 11) is 0. The molecule has 0 saturated carbocycles. The molecule has 1 aromatic rings. The third-order valence-electron chi connectivity index (χ3n) is 2.76. The molecule has 0 radical (unpaired) electrons. The minimum Gasteiger partial charge on any atom is -0.379 e. The summed E-state index contributed by atoms with van der Waals surface area (Å²) in [5.41, 5.74) is 6.95. The maximum absolute atomic E-state index is 12.8. The second-order valence-electron chi connectivity index (χ2n) is 4.39. The van der Waals surface area contributed by atoms with E-state index >= 15 is 0 Å². The second kappa shape index (κ2) is 7.46. The first-order chi connectivity index (χ1) is 8.54. The summed E-state index contributed by atoms with van der Waals surface area (Å²) >= 11 is 0. The van der Waals surface area contributed by atoms with Crippen LogP contribution in [0.25, 0.3) is 0 Å². The minimum absolute atomic E-state index is 0.00792. The lowest BCUT2D eigenvalue weighted by Crippen LogP contribution is -2.31. The Bertz CT molecular complexity index is 342. The Morgan fingerprint density at radius 1 is 1.22 bits per heavy atom.